The molecule has 0 unspecified atom stereocenters. The van der Waals surface area contributed by atoms with Crippen LogP contribution in [0, 0.1) is 5.82 Å². The molecule has 0 amide bonds. The van der Waals surface area contributed by atoms with Crippen LogP contribution >= 0.6 is 11.6 Å². The summed E-state index contributed by atoms with van der Waals surface area (Å²) in [7, 11) is 1.98. The minimum Gasteiger partial charge on any atom is -0.356 e. The number of pyridine rings is 1. The zero-order valence-corrected chi connectivity index (χ0v) is 10.8. The number of halogens is 2. The Morgan fingerprint density at radius 3 is 2.56 bits per heavy atom. The molecular formula is C12H18ClFN2. The molecule has 1 heterocycles. The van der Waals surface area contributed by atoms with E-state index in [0.29, 0.717) is 6.04 Å². The predicted molar refractivity (Wildman–Crippen MR) is 66.5 cm³/mol. The maximum atomic E-state index is 13.0. The van der Waals surface area contributed by atoms with Gasteiger partial charge in [0.25, 0.3) is 0 Å². The number of aromatic nitrogens is 1. The molecule has 0 fully saturated rings. The van der Waals surface area contributed by atoms with Gasteiger partial charge in [-0.05, 0) is 18.9 Å². The summed E-state index contributed by atoms with van der Waals surface area (Å²) in [5.74, 6) is 0.729. The van der Waals surface area contributed by atoms with E-state index in [-0.39, 0.29) is 11.7 Å². The lowest BCUT2D eigenvalue weighted by molar-refractivity contribution is 0.580. The minimum absolute atomic E-state index is 0.282. The average Bonchev–Trinajstić information content (AvgIpc) is 2.30. The zero-order valence-electron chi connectivity index (χ0n) is 10.0. The van der Waals surface area contributed by atoms with Crippen LogP contribution in [0.5, 0.6) is 0 Å². The highest BCUT2D eigenvalue weighted by atomic mass is 35.5. The van der Waals surface area contributed by atoms with E-state index in [1.54, 1.807) is 0 Å². The van der Waals surface area contributed by atoms with E-state index in [2.05, 4.69) is 23.7 Å². The van der Waals surface area contributed by atoms with Crippen LogP contribution in [0.15, 0.2) is 12.3 Å². The molecule has 2 nitrogen and oxygen atoms in total. The van der Waals surface area contributed by atoms with Crippen molar-refractivity contribution in [3.05, 3.63) is 23.6 Å². The van der Waals surface area contributed by atoms with Crippen LogP contribution in [0.1, 0.15) is 32.3 Å². The molecule has 0 N–H and O–H groups in total. The Morgan fingerprint density at radius 2 is 2.06 bits per heavy atom. The van der Waals surface area contributed by atoms with Crippen molar-refractivity contribution in [2.24, 2.45) is 0 Å². The van der Waals surface area contributed by atoms with Crippen molar-refractivity contribution in [2.45, 2.75) is 38.6 Å². The molecule has 0 radical (unpaired) electrons. The molecule has 90 valence electrons. The van der Waals surface area contributed by atoms with Crippen LogP contribution in [-0.4, -0.2) is 18.1 Å². The normalized spacial score (nSPS) is 10.9. The standard InChI is InChI=1S/C12H18ClFN2/c1-4-11(5-2)16(3)12-9(7-13)6-10(14)8-15-12/h6,8,11H,4-5,7H2,1-3H3. The van der Waals surface area contributed by atoms with E-state index in [0.717, 1.165) is 24.2 Å². The Bertz CT molecular complexity index is 340. The first kappa shape index (κ1) is 13.2. The van der Waals surface area contributed by atoms with E-state index in [9.17, 15) is 4.39 Å². The van der Waals surface area contributed by atoms with Crippen LogP contribution in [0.2, 0.25) is 0 Å². The topological polar surface area (TPSA) is 16.1 Å². The molecule has 1 aromatic heterocycles. The van der Waals surface area contributed by atoms with Gasteiger partial charge in [-0.1, -0.05) is 13.8 Å². The number of rotatable bonds is 5. The average molecular weight is 245 g/mol. The maximum absolute atomic E-state index is 13.0. The summed E-state index contributed by atoms with van der Waals surface area (Å²) in [5.41, 5.74) is 0.746. The highest BCUT2D eigenvalue weighted by molar-refractivity contribution is 6.17. The summed E-state index contributed by atoms with van der Waals surface area (Å²) in [6.07, 6.45) is 3.31. The number of alkyl halides is 1. The monoisotopic (exact) mass is 244 g/mol. The number of nitrogens with zero attached hydrogens (tertiary/aromatic N) is 2. The fourth-order valence-corrected chi connectivity index (χ4v) is 2.10. The first-order valence-electron chi connectivity index (χ1n) is 5.57. The number of hydrogen-bond donors (Lipinski definition) is 0. The second-order valence-corrected chi connectivity index (χ2v) is 4.12. The van der Waals surface area contributed by atoms with Gasteiger partial charge in [-0.25, -0.2) is 9.37 Å². The quantitative estimate of drug-likeness (QED) is 0.736. The predicted octanol–water partition coefficient (Wildman–Crippen LogP) is 3.58. The third-order valence-electron chi connectivity index (χ3n) is 2.88. The molecule has 0 saturated carbocycles. The van der Waals surface area contributed by atoms with Gasteiger partial charge in [-0.3, -0.25) is 0 Å². The van der Waals surface area contributed by atoms with Gasteiger partial charge >= 0.3 is 0 Å². The molecular weight excluding hydrogens is 227 g/mol. The van der Waals surface area contributed by atoms with E-state index < -0.39 is 0 Å². The molecule has 4 heteroatoms. The van der Waals surface area contributed by atoms with Gasteiger partial charge in [-0.2, -0.15) is 0 Å². The second-order valence-electron chi connectivity index (χ2n) is 3.85. The van der Waals surface area contributed by atoms with E-state index in [4.69, 9.17) is 11.6 Å². The molecule has 0 aliphatic heterocycles. The van der Waals surface area contributed by atoms with E-state index in [1.165, 1.54) is 12.3 Å². The largest absolute Gasteiger partial charge is 0.356 e. The van der Waals surface area contributed by atoms with Crippen molar-refractivity contribution in [2.75, 3.05) is 11.9 Å². The van der Waals surface area contributed by atoms with Gasteiger partial charge in [0.15, 0.2) is 0 Å². The Kier molecular flexibility index (Phi) is 5.00. The highest BCUT2D eigenvalue weighted by Gasteiger charge is 2.16. The van der Waals surface area contributed by atoms with Crippen LogP contribution in [0.25, 0.3) is 0 Å². The maximum Gasteiger partial charge on any atom is 0.141 e. The fraction of sp³-hybridized carbons (Fsp3) is 0.583. The van der Waals surface area contributed by atoms with Gasteiger partial charge in [0.1, 0.15) is 11.6 Å². The first-order chi connectivity index (χ1) is 7.63. The molecule has 1 rings (SSSR count). The van der Waals surface area contributed by atoms with Gasteiger partial charge < -0.3 is 4.90 Å². The van der Waals surface area contributed by atoms with Gasteiger partial charge in [0, 0.05) is 18.7 Å². The molecule has 0 aliphatic carbocycles. The summed E-state index contributed by atoms with van der Waals surface area (Å²) in [6.45, 7) is 4.27. The van der Waals surface area contributed by atoms with Gasteiger partial charge in [0.05, 0.1) is 12.1 Å². The number of hydrogen-bond acceptors (Lipinski definition) is 2. The lowest BCUT2D eigenvalue weighted by atomic mass is 10.1. The van der Waals surface area contributed by atoms with Crippen LogP contribution < -0.4 is 4.90 Å². The Balaban J connectivity index is 3.02. The van der Waals surface area contributed by atoms with Crippen molar-refractivity contribution in [1.82, 2.24) is 4.98 Å². The fourth-order valence-electron chi connectivity index (χ4n) is 1.90. The third-order valence-corrected chi connectivity index (χ3v) is 3.17. The van der Waals surface area contributed by atoms with Gasteiger partial charge in [0.2, 0.25) is 0 Å². The van der Waals surface area contributed by atoms with Crippen LogP contribution in [0.3, 0.4) is 0 Å². The van der Waals surface area contributed by atoms with Crippen molar-refractivity contribution in [1.29, 1.82) is 0 Å². The summed E-state index contributed by atoms with van der Waals surface area (Å²) in [6, 6.07) is 1.87. The SMILES string of the molecule is CCC(CC)N(C)c1ncc(F)cc1CCl. The molecule has 0 spiro atoms. The lowest BCUT2D eigenvalue weighted by Crippen LogP contribution is -2.31. The van der Waals surface area contributed by atoms with Crippen molar-refractivity contribution in [3.8, 4) is 0 Å². The van der Waals surface area contributed by atoms with E-state index >= 15 is 0 Å². The van der Waals surface area contributed by atoms with E-state index in [1.807, 2.05) is 7.05 Å². The Hall–Kier alpha value is -0.830. The number of anilines is 1. The van der Waals surface area contributed by atoms with Crippen molar-refractivity contribution in [3.63, 3.8) is 0 Å². The first-order valence-corrected chi connectivity index (χ1v) is 6.10. The molecule has 0 aliphatic rings. The lowest BCUT2D eigenvalue weighted by Gasteiger charge is -2.28. The van der Waals surface area contributed by atoms with Crippen molar-refractivity contribution >= 4 is 17.4 Å². The minimum atomic E-state index is -0.336. The van der Waals surface area contributed by atoms with Crippen molar-refractivity contribution < 1.29 is 4.39 Å². The van der Waals surface area contributed by atoms with Gasteiger partial charge in [-0.15, -0.1) is 11.6 Å². The molecule has 16 heavy (non-hydrogen) atoms. The zero-order chi connectivity index (χ0) is 12.1. The molecule has 0 bridgehead atoms. The summed E-state index contributed by atoms with van der Waals surface area (Å²) < 4.78 is 13.0. The molecule has 1 aromatic rings. The molecule has 0 saturated heterocycles. The van der Waals surface area contributed by atoms with Crippen LogP contribution in [-0.2, 0) is 5.88 Å². The Labute approximate surface area is 101 Å². The van der Waals surface area contributed by atoms with Crippen LogP contribution in [0.4, 0.5) is 10.2 Å². The summed E-state index contributed by atoms with van der Waals surface area (Å²) >= 11 is 5.81. The highest BCUT2D eigenvalue weighted by Crippen LogP contribution is 2.22. The molecule has 0 atom stereocenters. The summed E-state index contributed by atoms with van der Waals surface area (Å²) in [4.78, 5) is 6.21. The Morgan fingerprint density at radius 1 is 1.44 bits per heavy atom. The smallest absolute Gasteiger partial charge is 0.141 e. The summed E-state index contributed by atoms with van der Waals surface area (Å²) in [5, 5.41) is 0. The second kappa shape index (κ2) is 6.04. The third kappa shape index (κ3) is 2.85. The molecule has 0 aromatic carbocycles.